The van der Waals surface area contributed by atoms with Gasteiger partial charge in [-0.2, -0.15) is 0 Å². The van der Waals surface area contributed by atoms with E-state index in [0.29, 0.717) is 15.1 Å². The summed E-state index contributed by atoms with van der Waals surface area (Å²) < 4.78 is 0.701. The van der Waals surface area contributed by atoms with Crippen LogP contribution in [0.25, 0.3) is 10.1 Å². The number of rotatable bonds is 1. The van der Waals surface area contributed by atoms with Gasteiger partial charge in [-0.05, 0) is 18.2 Å². The highest BCUT2D eigenvalue weighted by Crippen LogP contribution is 2.39. The number of hydrogen-bond acceptors (Lipinski definition) is 5. The zero-order valence-electron chi connectivity index (χ0n) is 6.93. The SMILES string of the molecule is Nc1cc2c([N+](=O)[O-])c(O)ccc2s1. The van der Waals surface area contributed by atoms with E-state index in [2.05, 4.69) is 0 Å². The van der Waals surface area contributed by atoms with Crippen molar-refractivity contribution in [3.63, 3.8) is 0 Å². The van der Waals surface area contributed by atoms with Crippen molar-refractivity contribution in [2.75, 3.05) is 5.73 Å². The fraction of sp³-hybridized carbons (Fsp3) is 0. The van der Waals surface area contributed by atoms with Gasteiger partial charge in [-0.15, -0.1) is 11.3 Å². The Morgan fingerprint density at radius 2 is 2.21 bits per heavy atom. The van der Waals surface area contributed by atoms with Crippen LogP contribution in [0.3, 0.4) is 0 Å². The molecule has 3 N–H and O–H groups in total. The van der Waals surface area contributed by atoms with Crippen molar-refractivity contribution in [3.05, 3.63) is 28.3 Å². The number of nitro benzene ring substituents is 1. The Kier molecular flexibility index (Phi) is 1.78. The Morgan fingerprint density at radius 3 is 2.86 bits per heavy atom. The molecule has 0 aliphatic heterocycles. The second-order valence-corrected chi connectivity index (χ2v) is 3.87. The van der Waals surface area contributed by atoms with Crippen LogP contribution in [-0.2, 0) is 0 Å². The molecule has 5 nitrogen and oxygen atoms in total. The van der Waals surface area contributed by atoms with Gasteiger partial charge in [0.2, 0.25) is 0 Å². The third-order valence-corrected chi connectivity index (χ3v) is 2.78. The lowest BCUT2D eigenvalue weighted by Gasteiger charge is -1.95. The van der Waals surface area contributed by atoms with E-state index in [-0.39, 0.29) is 11.4 Å². The van der Waals surface area contributed by atoms with E-state index >= 15 is 0 Å². The molecule has 0 bridgehead atoms. The molecule has 0 aliphatic rings. The first-order valence-electron chi connectivity index (χ1n) is 3.75. The molecule has 0 unspecified atom stereocenters. The minimum absolute atomic E-state index is 0.282. The zero-order valence-corrected chi connectivity index (χ0v) is 7.75. The molecule has 1 aromatic heterocycles. The molecule has 0 atom stereocenters. The number of benzene rings is 1. The molecular formula is C8H6N2O3S. The largest absolute Gasteiger partial charge is 0.502 e. The maximum absolute atomic E-state index is 10.7. The minimum Gasteiger partial charge on any atom is -0.502 e. The summed E-state index contributed by atoms with van der Waals surface area (Å²) in [5.41, 5.74) is 5.24. The van der Waals surface area contributed by atoms with E-state index in [1.807, 2.05) is 0 Å². The molecule has 0 saturated carbocycles. The van der Waals surface area contributed by atoms with E-state index in [1.54, 1.807) is 6.07 Å². The van der Waals surface area contributed by atoms with Crippen molar-refractivity contribution in [1.29, 1.82) is 0 Å². The van der Waals surface area contributed by atoms with Crippen LogP contribution in [-0.4, -0.2) is 10.0 Å². The Labute approximate surface area is 82.5 Å². The maximum Gasteiger partial charge on any atom is 0.319 e. The van der Waals surface area contributed by atoms with Crippen molar-refractivity contribution in [2.24, 2.45) is 0 Å². The second kappa shape index (κ2) is 2.85. The highest BCUT2D eigenvalue weighted by molar-refractivity contribution is 7.22. The molecule has 2 rings (SSSR count). The Morgan fingerprint density at radius 1 is 1.50 bits per heavy atom. The number of nitrogen functional groups attached to an aromatic ring is 1. The number of nitrogens with zero attached hydrogens (tertiary/aromatic N) is 1. The second-order valence-electron chi connectivity index (χ2n) is 2.75. The first-order chi connectivity index (χ1) is 6.59. The first kappa shape index (κ1) is 8.76. The van der Waals surface area contributed by atoms with Crippen LogP contribution in [0.4, 0.5) is 10.7 Å². The average molecular weight is 210 g/mol. The number of phenols is 1. The minimum atomic E-state index is -0.607. The van der Waals surface area contributed by atoms with Crippen molar-refractivity contribution < 1.29 is 10.0 Å². The molecule has 0 aliphatic carbocycles. The Hall–Kier alpha value is -1.82. The summed E-state index contributed by atoms with van der Waals surface area (Å²) in [5, 5.41) is 20.8. The van der Waals surface area contributed by atoms with E-state index in [9.17, 15) is 15.2 Å². The number of thiophene rings is 1. The monoisotopic (exact) mass is 210 g/mol. The van der Waals surface area contributed by atoms with Gasteiger partial charge in [0.15, 0.2) is 5.75 Å². The van der Waals surface area contributed by atoms with Crippen LogP contribution < -0.4 is 5.73 Å². The fourth-order valence-electron chi connectivity index (χ4n) is 1.30. The predicted octanol–water partition coefficient (Wildman–Crippen LogP) is 2.10. The van der Waals surface area contributed by atoms with Crippen LogP contribution >= 0.6 is 11.3 Å². The number of aromatic hydroxyl groups is 1. The molecule has 14 heavy (non-hydrogen) atoms. The standard InChI is InChI=1S/C8H6N2O3S/c9-7-3-4-6(14-7)2-1-5(11)8(4)10(12)13/h1-3,11H,9H2. The van der Waals surface area contributed by atoms with E-state index in [0.717, 1.165) is 0 Å². The highest BCUT2D eigenvalue weighted by Gasteiger charge is 2.19. The smallest absolute Gasteiger partial charge is 0.319 e. The van der Waals surface area contributed by atoms with Crippen LogP contribution in [0, 0.1) is 10.1 Å². The normalized spacial score (nSPS) is 10.6. The van der Waals surface area contributed by atoms with E-state index in [4.69, 9.17) is 5.73 Å². The van der Waals surface area contributed by atoms with Crippen LogP contribution in [0.1, 0.15) is 0 Å². The Bertz CT molecular complexity index is 521. The topological polar surface area (TPSA) is 89.4 Å². The molecule has 2 aromatic rings. The van der Waals surface area contributed by atoms with Crippen LogP contribution in [0.2, 0.25) is 0 Å². The van der Waals surface area contributed by atoms with Gasteiger partial charge < -0.3 is 10.8 Å². The third-order valence-electron chi connectivity index (χ3n) is 1.85. The molecule has 0 radical (unpaired) electrons. The summed E-state index contributed by atoms with van der Waals surface area (Å²) in [6.45, 7) is 0. The lowest BCUT2D eigenvalue weighted by molar-refractivity contribution is -0.384. The number of nitro groups is 1. The average Bonchev–Trinajstić information content (AvgIpc) is 2.43. The van der Waals surface area contributed by atoms with E-state index in [1.165, 1.54) is 23.5 Å². The van der Waals surface area contributed by atoms with Gasteiger partial charge in [-0.25, -0.2) is 0 Å². The van der Waals surface area contributed by atoms with Crippen molar-refractivity contribution in [1.82, 2.24) is 0 Å². The van der Waals surface area contributed by atoms with Gasteiger partial charge in [-0.3, -0.25) is 10.1 Å². The molecule has 0 saturated heterocycles. The number of fused-ring (bicyclic) bond motifs is 1. The lowest BCUT2D eigenvalue weighted by atomic mass is 10.2. The van der Waals surface area contributed by atoms with Gasteiger partial charge in [0.05, 0.1) is 15.3 Å². The summed E-state index contributed by atoms with van der Waals surface area (Å²) >= 11 is 1.25. The number of anilines is 1. The molecule has 6 heteroatoms. The van der Waals surface area contributed by atoms with Crippen LogP contribution in [0.15, 0.2) is 18.2 Å². The number of hydrogen-bond donors (Lipinski definition) is 2. The molecule has 0 fully saturated rings. The summed E-state index contributed by atoms with van der Waals surface area (Å²) in [6, 6.07) is 4.41. The summed E-state index contributed by atoms with van der Waals surface area (Å²) in [7, 11) is 0. The predicted molar refractivity (Wildman–Crippen MR) is 54.6 cm³/mol. The van der Waals surface area contributed by atoms with Gasteiger partial charge in [0.25, 0.3) is 0 Å². The fourth-order valence-corrected chi connectivity index (χ4v) is 2.13. The first-order valence-corrected chi connectivity index (χ1v) is 4.56. The van der Waals surface area contributed by atoms with Crippen LogP contribution in [0.5, 0.6) is 5.75 Å². The van der Waals surface area contributed by atoms with E-state index < -0.39 is 4.92 Å². The van der Waals surface area contributed by atoms with Crippen molar-refractivity contribution in [2.45, 2.75) is 0 Å². The highest BCUT2D eigenvalue weighted by atomic mass is 32.1. The quantitative estimate of drug-likeness (QED) is 0.557. The summed E-state index contributed by atoms with van der Waals surface area (Å²) in [6.07, 6.45) is 0. The van der Waals surface area contributed by atoms with Gasteiger partial charge in [-0.1, -0.05) is 0 Å². The summed E-state index contributed by atoms with van der Waals surface area (Å²) in [5.74, 6) is -0.333. The number of phenolic OH excluding ortho intramolecular Hbond substituents is 1. The lowest BCUT2D eigenvalue weighted by Crippen LogP contribution is -1.88. The zero-order chi connectivity index (χ0) is 10.3. The van der Waals surface area contributed by atoms with Gasteiger partial charge in [0, 0.05) is 4.70 Å². The molecule has 72 valence electrons. The molecule has 1 aromatic carbocycles. The molecule has 0 amide bonds. The molecular weight excluding hydrogens is 204 g/mol. The van der Waals surface area contributed by atoms with Gasteiger partial charge >= 0.3 is 5.69 Å². The van der Waals surface area contributed by atoms with Gasteiger partial charge in [0.1, 0.15) is 0 Å². The maximum atomic E-state index is 10.7. The van der Waals surface area contributed by atoms with Crippen molar-refractivity contribution in [3.8, 4) is 5.75 Å². The number of nitrogens with two attached hydrogens (primary N) is 1. The van der Waals surface area contributed by atoms with Crippen molar-refractivity contribution >= 4 is 32.1 Å². The Balaban J connectivity index is 2.88. The summed E-state index contributed by atoms with van der Waals surface area (Å²) in [4.78, 5) is 10.0. The molecule has 1 heterocycles. The molecule has 0 spiro atoms. The third kappa shape index (κ3) is 1.16.